The molecule has 8 heteroatoms. The molecule has 4 rings (SSSR count). The van der Waals surface area contributed by atoms with Gasteiger partial charge in [0.15, 0.2) is 0 Å². The fourth-order valence-electron chi connectivity index (χ4n) is 4.19. The molecule has 2 atom stereocenters. The molecule has 7 nitrogen and oxygen atoms in total. The maximum atomic E-state index is 13.6. The van der Waals surface area contributed by atoms with E-state index in [0.717, 1.165) is 31.4 Å². The fourth-order valence-corrected chi connectivity index (χ4v) is 4.19. The predicted molar refractivity (Wildman–Crippen MR) is 101 cm³/mol. The van der Waals surface area contributed by atoms with Gasteiger partial charge in [-0.15, -0.1) is 0 Å². The Morgan fingerprint density at radius 3 is 2.75 bits per heavy atom. The molecule has 2 fully saturated rings. The summed E-state index contributed by atoms with van der Waals surface area (Å²) in [5.41, 5.74) is 1.19. The molecule has 2 saturated heterocycles. The van der Waals surface area contributed by atoms with E-state index in [1.807, 2.05) is 13.2 Å². The van der Waals surface area contributed by atoms with Crippen molar-refractivity contribution in [3.8, 4) is 0 Å². The van der Waals surface area contributed by atoms with Crippen molar-refractivity contribution in [3.63, 3.8) is 0 Å². The summed E-state index contributed by atoms with van der Waals surface area (Å²) in [5.74, 6) is -0.741. The molecule has 2 aliphatic heterocycles. The van der Waals surface area contributed by atoms with E-state index in [1.165, 1.54) is 31.5 Å². The minimum atomic E-state index is -0.512. The molecule has 0 radical (unpaired) electrons. The SMILES string of the molecule is Cn1cc([C@H]2[C@H](CN3CCCCC3)OCCN2C(=O)c2cncc(F)c2)cn1. The van der Waals surface area contributed by atoms with Gasteiger partial charge in [0, 0.05) is 38.1 Å². The first kappa shape index (κ1) is 19.0. The zero-order valence-electron chi connectivity index (χ0n) is 16.1. The maximum absolute atomic E-state index is 13.6. The number of hydrogen-bond acceptors (Lipinski definition) is 5. The molecule has 150 valence electrons. The Kier molecular flexibility index (Phi) is 5.68. The van der Waals surface area contributed by atoms with Gasteiger partial charge in [-0.25, -0.2) is 4.39 Å². The minimum Gasteiger partial charge on any atom is -0.373 e. The molecule has 0 bridgehead atoms. The van der Waals surface area contributed by atoms with Crippen molar-refractivity contribution in [3.05, 3.63) is 47.8 Å². The van der Waals surface area contributed by atoms with Crippen LogP contribution in [0.3, 0.4) is 0 Å². The summed E-state index contributed by atoms with van der Waals surface area (Å²) in [4.78, 5) is 21.2. The number of rotatable bonds is 4. The summed E-state index contributed by atoms with van der Waals surface area (Å²) < 4.78 is 21.5. The average molecular weight is 387 g/mol. The molecule has 2 aromatic rings. The number of aromatic nitrogens is 3. The highest BCUT2D eigenvalue weighted by atomic mass is 19.1. The van der Waals surface area contributed by atoms with E-state index >= 15 is 0 Å². The van der Waals surface area contributed by atoms with Gasteiger partial charge in [-0.3, -0.25) is 14.5 Å². The number of morpholine rings is 1. The number of piperidine rings is 1. The molecule has 4 heterocycles. The average Bonchev–Trinajstić information content (AvgIpc) is 3.14. The van der Waals surface area contributed by atoms with Crippen molar-refractivity contribution >= 4 is 5.91 Å². The standard InChI is InChI=1S/C20H26FN5O2/c1-24-13-16(11-23-24)19-18(14-25-5-3-2-4-6-25)28-8-7-26(19)20(27)15-9-17(21)12-22-10-15/h9-13,18-19H,2-8,14H2,1H3/t18-,19-/m0/s1. The van der Waals surface area contributed by atoms with Crippen LogP contribution in [0.5, 0.6) is 0 Å². The van der Waals surface area contributed by atoms with Gasteiger partial charge < -0.3 is 14.5 Å². The summed E-state index contributed by atoms with van der Waals surface area (Å²) in [5, 5.41) is 4.29. The van der Waals surface area contributed by atoms with Crippen LogP contribution in [0.15, 0.2) is 30.9 Å². The molecule has 0 aromatic carbocycles. The molecule has 1 amide bonds. The summed E-state index contributed by atoms with van der Waals surface area (Å²) in [6.45, 7) is 3.79. The molecule has 0 saturated carbocycles. The van der Waals surface area contributed by atoms with E-state index in [-0.39, 0.29) is 23.6 Å². The third kappa shape index (κ3) is 4.07. The van der Waals surface area contributed by atoms with Gasteiger partial charge in [0.25, 0.3) is 5.91 Å². The molecule has 0 spiro atoms. The van der Waals surface area contributed by atoms with Crippen LogP contribution in [-0.2, 0) is 11.8 Å². The lowest BCUT2D eigenvalue weighted by atomic mass is 9.98. The number of ether oxygens (including phenoxy) is 1. The van der Waals surface area contributed by atoms with Crippen LogP contribution in [-0.4, -0.2) is 69.4 Å². The first-order chi connectivity index (χ1) is 13.6. The number of halogens is 1. The molecule has 0 unspecified atom stereocenters. The van der Waals surface area contributed by atoms with Crippen LogP contribution in [0.25, 0.3) is 0 Å². The predicted octanol–water partition coefficient (Wildman–Crippen LogP) is 2.02. The third-order valence-corrected chi connectivity index (χ3v) is 5.52. The van der Waals surface area contributed by atoms with Crippen LogP contribution in [0.2, 0.25) is 0 Å². The Hall–Kier alpha value is -2.32. The largest absolute Gasteiger partial charge is 0.373 e. The van der Waals surface area contributed by atoms with Gasteiger partial charge in [-0.05, 0) is 32.0 Å². The molecule has 0 N–H and O–H groups in total. The number of likely N-dealkylation sites (tertiary alicyclic amines) is 1. The Balaban J connectivity index is 1.62. The Morgan fingerprint density at radius 1 is 1.21 bits per heavy atom. The Morgan fingerprint density at radius 2 is 2.04 bits per heavy atom. The van der Waals surface area contributed by atoms with Crippen molar-refractivity contribution in [2.75, 3.05) is 32.8 Å². The molecular formula is C20H26FN5O2. The minimum absolute atomic E-state index is 0.151. The van der Waals surface area contributed by atoms with Gasteiger partial charge >= 0.3 is 0 Å². The van der Waals surface area contributed by atoms with Crippen LogP contribution in [0, 0.1) is 5.82 Å². The number of carbonyl (C=O) groups excluding carboxylic acids is 1. The second kappa shape index (κ2) is 8.36. The Bertz CT molecular complexity index is 820. The highest BCUT2D eigenvalue weighted by Crippen LogP contribution is 2.32. The normalized spacial score (nSPS) is 23.7. The van der Waals surface area contributed by atoms with Crippen molar-refractivity contribution in [1.82, 2.24) is 24.6 Å². The molecule has 2 aliphatic rings. The van der Waals surface area contributed by atoms with Crippen molar-refractivity contribution in [2.24, 2.45) is 7.05 Å². The zero-order valence-corrected chi connectivity index (χ0v) is 16.1. The summed E-state index contributed by atoms with van der Waals surface area (Å²) in [7, 11) is 1.86. The van der Waals surface area contributed by atoms with Gasteiger partial charge in [0.05, 0.1) is 36.7 Å². The molecule has 28 heavy (non-hydrogen) atoms. The molecule has 2 aromatic heterocycles. The van der Waals surface area contributed by atoms with E-state index in [2.05, 4.69) is 15.0 Å². The number of hydrogen-bond donors (Lipinski definition) is 0. The van der Waals surface area contributed by atoms with E-state index in [4.69, 9.17) is 4.74 Å². The van der Waals surface area contributed by atoms with E-state index < -0.39 is 5.82 Å². The van der Waals surface area contributed by atoms with Crippen LogP contribution < -0.4 is 0 Å². The van der Waals surface area contributed by atoms with Gasteiger partial charge in [-0.1, -0.05) is 6.42 Å². The van der Waals surface area contributed by atoms with Gasteiger partial charge in [0.2, 0.25) is 0 Å². The topological polar surface area (TPSA) is 63.5 Å². The fraction of sp³-hybridized carbons (Fsp3) is 0.550. The van der Waals surface area contributed by atoms with Crippen molar-refractivity contribution < 1.29 is 13.9 Å². The van der Waals surface area contributed by atoms with Crippen LogP contribution in [0.4, 0.5) is 4.39 Å². The van der Waals surface area contributed by atoms with E-state index in [9.17, 15) is 9.18 Å². The van der Waals surface area contributed by atoms with Gasteiger partial charge in [-0.2, -0.15) is 5.10 Å². The number of nitrogens with zero attached hydrogens (tertiary/aromatic N) is 5. The number of amides is 1. The van der Waals surface area contributed by atoms with Crippen molar-refractivity contribution in [1.29, 1.82) is 0 Å². The first-order valence-electron chi connectivity index (χ1n) is 9.86. The lowest BCUT2D eigenvalue weighted by molar-refractivity contribution is -0.0741. The third-order valence-electron chi connectivity index (χ3n) is 5.52. The quantitative estimate of drug-likeness (QED) is 0.803. The second-order valence-corrected chi connectivity index (χ2v) is 7.55. The number of pyridine rings is 1. The smallest absolute Gasteiger partial charge is 0.256 e. The zero-order chi connectivity index (χ0) is 19.5. The second-order valence-electron chi connectivity index (χ2n) is 7.55. The van der Waals surface area contributed by atoms with Crippen LogP contribution in [0.1, 0.15) is 41.2 Å². The van der Waals surface area contributed by atoms with Gasteiger partial charge in [0.1, 0.15) is 5.82 Å². The molecule has 0 aliphatic carbocycles. The summed E-state index contributed by atoms with van der Waals surface area (Å²) in [6, 6.07) is 0.977. The number of carbonyl (C=O) groups is 1. The lowest BCUT2D eigenvalue weighted by Crippen LogP contribution is -2.52. The Labute approximate surface area is 164 Å². The van der Waals surface area contributed by atoms with Crippen LogP contribution >= 0.6 is 0 Å². The van der Waals surface area contributed by atoms with E-state index in [0.29, 0.717) is 13.2 Å². The molecular weight excluding hydrogens is 361 g/mol. The highest BCUT2D eigenvalue weighted by Gasteiger charge is 2.38. The lowest BCUT2D eigenvalue weighted by Gasteiger charge is -2.43. The summed E-state index contributed by atoms with van der Waals surface area (Å²) >= 11 is 0. The first-order valence-corrected chi connectivity index (χ1v) is 9.86. The monoisotopic (exact) mass is 387 g/mol. The van der Waals surface area contributed by atoms with E-state index in [1.54, 1.807) is 15.8 Å². The summed E-state index contributed by atoms with van der Waals surface area (Å²) in [6.07, 6.45) is 9.74. The van der Waals surface area contributed by atoms with Crippen molar-refractivity contribution in [2.45, 2.75) is 31.4 Å². The maximum Gasteiger partial charge on any atom is 0.256 e. The number of aryl methyl sites for hydroxylation is 1. The highest BCUT2D eigenvalue weighted by molar-refractivity contribution is 5.94.